The zero-order chi connectivity index (χ0) is 25.0. The van der Waals surface area contributed by atoms with Gasteiger partial charge in [0, 0.05) is 21.9 Å². The number of alkyl halides is 3. The van der Waals surface area contributed by atoms with Crippen molar-refractivity contribution in [2.75, 3.05) is 10.6 Å². The molecule has 12 heteroatoms. The van der Waals surface area contributed by atoms with Gasteiger partial charge in [-0.05, 0) is 48.5 Å². The highest BCUT2D eigenvalue weighted by Gasteiger charge is 2.33. The van der Waals surface area contributed by atoms with Crippen molar-refractivity contribution >= 4 is 44.9 Å². The average Bonchev–Trinajstić information content (AvgIpc) is 3.28. The van der Waals surface area contributed by atoms with Crippen LogP contribution in [0, 0.1) is 0 Å². The van der Waals surface area contributed by atoms with Gasteiger partial charge in [-0.3, -0.25) is 0 Å². The average molecular weight is 567 g/mol. The Morgan fingerprint density at radius 3 is 2.51 bits per heavy atom. The van der Waals surface area contributed by atoms with E-state index in [-0.39, 0.29) is 12.3 Å². The van der Waals surface area contributed by atoms with E-state index in [1.54, 1.807) is 35.1 Å². The summed E-state index contributed by atoms with van der Waals surface area (Å²) < 4.78 is 47.3. The molecule has 180 valence electrons. The summed E-state index contributed by atoms with van der Waals surface area (Å²) in [5, 5.41) is 12.6. The van der Waals surface area contributed by atoms with E-state index in [0.29, 0.717) is 17.1 Å². The van der Waals surface area contributed by atoms with E-state index in [1.165, 1.54) is 6.07 Å². The molecule has 35 heavy (non-hydrogen) atoms. The topological polar surface area (TPSA) is 81.1 Å². The van der Waals surface area contributed by atoms with Crippen LogP contribution in [0.4, 0.5) is 29.3 Å². The van der Waals surface area contributed by atoms with Crippen molar-refractivity contribution in [2.24, 2.45) is 0 Å². The third kappa shape index (κ3) is 6.52. The largest absolute Gasteiger partial charge is 0.487 e. The lowest BCUT2D eigenvalue weighted by molar-refractivity contribution is -0.137. The maximum absolute atomic E-state index is 13.0. The van der Waals surface area contributed by atoms with Crippen molar-refractivity contribution in [1.82, 2.24) is 15.0 Å². The summed E-state index contributed by atoms with van der Waals surface area (Å²) in [6.07, 6.45) is -2.90. The maximum atomic E-state index is 13.0. The highest BCUT2D eigenvalue weighted by atomic mass is 79.9. The van der Waals surface area contributed by atoms with Crippen LogP contribution in [0.15, 0.2) is 77.4 Å². The van der Waals surface area contributed by atoms with Crippen LogP contribution in [-0.4, -0.2) is 21.0 Å². The minimum absolute atomic E-state index is 0.0554. The van der Waals surface area contributed by atoms with Crippen LogP contribution in [0.5, 0.6) is 5.75 Å². The Labute approximate surface area is 211 Å². The smallest absolute Gasteiger partial charge is 0.417 e. The molecule has 0 fully saturated rings. The number of carbonyl (C=O) groups excluding carboxylic acids is 1. The Hall–Kier alpha value is -3.57. The van der Waals surface area contributed by atoms with Gasteiger partial charge in [0.2, 0.25) is 0 Å². The molecular formula is C23H16BrClF3N5O2. The van der Waals surface area contributed by atoms with Crippen LogP contribution in [-0.2, 0) is 12.8 Å². The van der Waals surface area contributed by atoms with Crippen LogP contribution in [0.1, 0.15) is 11.3 Å². The number of nitrogens with zero attached hydrogens (tertiary/aromatic N) is 3. The Kier molecular flexibility index (Phi) is 7.27. The highest BCUT2D eigenvalue weighted by Crippen LogP contribution is 2.36. The highest BCUT2D eigenvalue weighted by molar-refractivity contribution is 9.10. The number of aromatic nitrogens is 3. The molecule has 7 nitrogen and oxygen atoms in total. The Morgan fingerprint density at radius 2 is 1.77 bits per heavy atom. The molecule has 0 unspecified atom stereocenters. The first-order valence-electron chi connectivity index (χ1n) is 10.0. The van der Waals surface area contributed by atoms with Crippen molar-refractivity contribution < 1.29 is 22.7 Å². The lowest BCUT2D eigenvalue weighted by atomic mass is 10.2. The quantitative estimate of drug-likeness (QED) is 0.265. The zero-order valence-electron chi connectivity index (χ0n) is 17.7. The number of benzene rings is 3. The van der Waals surface area contributed by atoms with Gasteiger partial charge in [-0.2, -0.15) is 13.2 Å². The summed E-state index contributed by atoms with van der Waals surface area (Å²) in [6, 6.07) is 16.5. The SMILES string of the molecule is O=C(Nc1cccc(OCc2cn(-c3cccc(Br)c3)nn2)c1)Nc1ccc(Cl)c(C(F)(F)F)c1. The molecule has 0 atom stereocenters. The van der Waals surface area contributed by atoms with Gasteiger partial charge in [-0.25, -0.2) is 9.48 Å². The van der Waals surface area contributed by atoms with Gasteiger partial charge in [0.15, 0.2) is 0 Å². The van der Waals surface area contributed by atoms with Gasteiger partial charge in [0.1, 0.15) is 18.1 Å². The lowest BCUT2D eigenvalue weighted by Crippen LogP contribution is -2.20. The number of hydrogen-bond donors (Lipinski definition) is 2. The number of rotatable bonds is 6. The fourth-order valence-corrected chi connectivity index (χ4v) is 3.66. The second-order valence-electron chi connectivity index (χ2n) is 7.22. The lowest BCUT2D eigenvalue weighted by Gasteiger charge is -2.13. The molecule has 0 bridgehead atoms. The molecule has 1 aromatic heterocycles. The first kappa shape index (κ1) is 24.6. The second kappa shape index (κ2) is 10.4. The number of nitrogens with one attached hydrogen (secondary N) is 2. The van der Waals surface area contributed by atoms with Crippen molar-refractivity contribution in [1.29, 1.82) is 0 Å². The first-order chi connectivity index (χ1) is 16.7. The number of hydrogen-bond acceptors (Lipinski definition) is 4. The first-order valence-corrected chi connectivity index (χ1v) is 11.2. The number of carbonyl (C=O) groups is 1. The van der Waals surface area contributed by atoms with Crippen LogP contribution in [0.2, 0.25) is 5.02 Å². The second-order valence-corrected chi connectivity index (χ2v) is 8.55. The molecule has 0 saturated carbocycles. The third-order valence-electron chi connectivity index (χ3n) is 4.62. The van der Waals surface area contributed by atoms with E-state index in [2.05, 4.69) is 36.9 Å². The van der Waals surface area contributed by atoms with Crippen LogP contribution < -0.4 is 15.4 Å². The molecule has 1 heterocycles. The Balaban J connectivity index is 1.36. The van der Waals surface area contributed by atoms with E-state index in [4.69, 9.17) is 16.3 Å². The van der Waals surface area contributed by atoms with E-state index >= 15 is 0 Å². The van der Waals surface area contributed by atoms with E-state index in [0.717, 1.165) is 22.3 Å². The molecular weight excluding hydrogens is 551 g/mol. The van der Waals surface area contributed by atoms with Crippen molar-refractivity contribution in [3.63, 3.8) is 0 Å². The predicted octanol–water partition coefficient (Wildman–Crippen LogP) is 6.93. The molecule has 0 aliphatic rings. The van der Waals surface area contributed by atoms with Gasteiger partial charge in [0.05, 0.1) is 22.5 Å². The fraction of sp³-hybridized carbons (Fsp3) is 0.0870. The molecule has 3 aromatic carbocycles. The number of amides is 2. The molecule has 4 rings (SSSR count). The van der Waals surface area contributed by atoms with Gasteiger partial charge in [0.25, 0.3) is 0 Å². The van der Waals surface area contributed by atoms with E-state index < -0.39 is 22.8 Å². The molecule has 0 spiro atoms. The van der Waals surface area contributed by atoms with Crippen molar-refractivity contribution in [3.05, 3.63) is 93.7 Å². The molecule has 4 aromatic rings. The van der Waals surface area contributed by atoms with Gasteiger partial charge < -0.3 is 15.4 Å². The van der Waals surface area contributed by atoms with E-state index in [1.807, 2.05) is 24.3 Å². The Morgan fingerprint density at radius 1 is 1.03 bits per heavy atom. The molecule has 0 radical (unpaired) electrons. The normalized spacial score (nSPS) is 11.2. The van der Waals surface area contributed by atoms with Crippen LogP contribution in [0.25, 0.3) is 5.69 Å². The number of halogens is 5. The monoisotopic (exact) mass is 565 g/mol. The molecule has 0 saturated heterocycles. The Bertz CT molecular complexity index is 1360. The van der Waals surface area contributed by atoms with Gasteiger partial charge >= 0.3 is 12.2 Å². The summed E-state index contributed by atoms with van der Waals surface area (Å²) in [5.41, 5.74) is 0.704. The fourth-order valence-electron chi connectivity index (χ4n) is 3.04. The zero-order valence-corrected chi connectivity index (χ0v) is 20.0. The van der Waals surface area contributed by atoms with Crippen molar-refractivity contribution in [3.8, 4) is 11.4 Å². The summed E-state index contributed by atoms with van der Waals surface area (Å²) in [4.78, 5) is 12.3. The molecule has 0 aliphatic carbocycles. The number of anilines is 2. The molecule has 0 aliphatic heterocycles. The summed E-state index contributed by atoms with van der Waals surface area (Å²) in [5.74, 6) is 0.450. The number of ether oxygens (including phenoxy) is 1. The minimum Gasteiger partial charge on any atom is -0.487 e. The minimum atomic E-state index is -4.64. The molecule has 2 amide bonds. The van der Waals surface area contributed by atoms with Gasteiger partial charge in [-0.1, -0.05) is 44.9 Å². The van der Waals surface area contributed by atoms with Crippen LogP contribution >= 0.6 is 27.5 Å². The van der Waals surface area contributed by atoms with E-state index in [9.17, 15) is 18.0 Å². The molecule has 2 N–H and O–H groups in total. The summed E-state index contributed by atoms with van der Waals surface area (Å²) in [7, 11) is 0. The summed E-state index contributed by atoms with van der Waals surface area (Å²) in [6.45, 7) is 0.134. The van der Waals surface area contributed by atoms with Gasteiger partial charge in [-0.15, -0.1) is 5.10 Å². The predicted molar refractivity (Wildman–Crippen MR) is 129 cm³/mol. The standard InChI is InChI=1S/C23H16BrClF3N5O2/c24-14-3-1-5-18(9-14)33-12-17(31-32-33)13-35-19-6-2-4-15(10-19)29-22(34)30-16-7-8-21(25)20(11-16)23(26,27)28/h1-12H,13H2,(H2,29,30,34). The maximum Gasteiger partial charge on any atom is 0.417 e. The number of urea groups is 1. The third-order valence-corrected chi connectivity index (χ3v) is 5.44. The van der Waals surface area contributed by atoms with Crippen molar-refractivity contribution in [2.45, 2.75) is 12.8 Å². The van der Waals surface area contributed by atoms with Crippen LogP contribution in [0.3, 0.4) is 0 Å². The summed E-state index contributed by atoms with van der Waals surface area (Å²) >= 11 is 9.02.